The van der Waals surface area contributed by atoms with Crippen LogP contribution in [0.3, 0.4) is 0 Å². The van der Waals surface area contributed by atoms with Gasteiger partial charge in [-0.25, -0.2) is 0 Å². The van der Waals surface area contributed by atoms with Gasteiger partial charge in [0.25, 0.3) is 0 Å². The molecule has 11 rings (SSSR count). The number of nitrogens with zero attached hydrogens (tertiary/aromatic N) is 8. The molecule has 11 aliphatic rings. The summed E-state index contributed by atoms with van der Waals surface area (Å²) in [6.07, 6.45) is 33.6. The second-order valence-corrected chi connectivity index (χ2v) is 33.0. The van der Waals surface area contributed by atoms with Gasteiger partial charge in [0.15, 0.2) is 0 Å². The first-order valence-corrected chi connectivity index (χ1v) is 40.8. The summed E-state index contributed by atoms with van der Waals surface area (Å²) in [7, 11) is 0. The molecule has 1 saturated carbocycles. The monoisotopic (exact) mass is 1370 g/mol. The maximum atomic E-state index is 7.29. The molecule has 10 aliphatic heterocycles. The predicted octanol–water partition coefficient (Wildman–Crippen LogP) is 23.2. The minimum atomic E-state index is -0.0799. The Morgan fingerprint density at radius 3 is 0.641 bits per heavy atom. The van der Waals surface area contributed by atoms with Crippen LogP contribution in [0, 0.1) is 107 Å². The fraction of sp³-hybridized carbons (Fsp3) is 1.00. The number of hydrogen-bond acceptors (Lipinski definition) is 0. The van der Waals surface area contributed by atoms with Gasteiger partial charge in [0, 0.05) is 39.0 Å². The number of fused-ring (bicyclic) bond motifs is 16. The van der Waals surface area contributed by atoms with Crippen LogP contribution in [0.2, 0.25) is 0 Å². The molecule has 10 nitrogen and oxygen atoms in total. The Hall–Kier alpha value is 0.847. The maximum Gasteiger partial charge on any atom is 0 e. The number of nitrogens with one attached hydrogen (secondary N) is 2. The van der Waals surface area contributed by atoms with Crippen molar-refractivity contribution in [2.24, 2.45) is 107 Å². The summed E-state index contributed by atoms with van der Waals surface area (Å²) in [5.74, 6) is 11.1. The van der Waals surface area contributed by atoms with Gasteiger partial charge < -0.3 is 54.0 Å². The fourth-order valence-electron chi connectivity index (χ4n) is 25.6. The van der Waals surface area contributed by atoms with Crippen molar-refractivity contribution in [1.82, 2.24) is 0 Å². The Morgan fingerprint density at radius 1 is 0.217 bits per heavy atom. The van der Waals surface area contributed by atoms with Gasteiger partial charge in [0.2, 0.25) is 0 Å². The third kappa shape index (κ3) is 15.6. The second kappa shape index (κ2) is 36.1. The summed E-state index contributed by atoms with van der Waals surface area (Å²) in [5.41, 5.74) is 14.6. The largest absolute Gasteiger partial charge is 0.676 e. The molecule has 92 heavy (non-hydrogen) atoms. The van der Waals surface area contributed by atoms with Crippen molar-refractivity contribution in [3.63, 3.8) is 0 Å². The molecule has 5 unspecified atom stereocenters. The molecule has 10 heterocycles. The molecule has 16 bridgehead atoms. The molecule has 36 atom stereocenters. The summed E-state index contributed by atoms with van der Waals surface area (Å²) in [6, 6.07) is 6.29. The van der Waals surface area contributed by atoms with Crippen LogP contribution in [0.5, 0.6) is 0 Å². The topological polar surface area (TPSA) is 160 Å². The van der Waals surface area contributed by atoms with Gasteiger partial charge in [-0.1, -0.05) is 397 Å². The third-order valence-electron chi connectivity index (χ3n) is 29.8. The van der Waals surface area contributed by atoms with E-state index in [0.29, 0.717) is 203 Å². The van der Waals surface area contributed by atoms with E-state index in [4.69, 9.17) is 54.0 Å². The van der Waals surface area contributed by atoms with Crippen LogP contribution in [0.15, 0.2) is 0 Å². The summed E-state index contributed by atoms with van der Waals surface area (Å²) in [5, 5.41) is 50.1. The van der Waals surface area contributed by atoms with Crippen LogP contribution in [0.1, 0.15) is 291 Å². The average Bonchev–Trinajstić information content (AvgIpc) is 1.61. The molecule has 1 aliphatic carbocycles. The molecule has 0 spiro atoms. The normalized spacial score (nSPS) is 49.9. The number of hydrogen-bond donors (Lipinski definition) is 0. The van der Waals surface area contributed by atoms with E-state index < -0.39 is 0 Å². The van der Waals surface area contributed by atoms with Gasteiger partial charge in [-0.05, 0) is 0 Å². The van der Waals surface area contributed by atoms with E-state index in [1.165, 1.54) is 167 Å². The minimum absolute atomic E-state index is 0. The molecule has 11 fully saturated rings. The van der Waals surface area contributed by atoms with Crippen molar-refractivity contribution >= 4 is 0 Å². The van der Waals surface area contributed by atoms with Crippen molar-refractivity contribution < 1.29 is 39.0 Å². The van der Waals surface area contributed by atoms with Crippen molar-refractivity contribution in [1.29, 1.82) is 0 Å². The average molecular weight is 1370 g/mol. The Balaban J connectivity index is 0.00000101. The molecule has 526 valence electrons. The number of rotatable bonds is 19. The molecule has 0 amide bonds. The molecule has 0 radical (unpaired) electrons. The Bertz CT molecular complexity index is 2050. The van der Waals surface area contributed by atoms with Crippen LogP contribution < -0.4 is 0 Å². The van der Waals surface area contributed by atoms with Crippen LogP contribution >= 0.6 is 0 Å². The Morgan fingerprint density at radius 2 is 0.413 bits per heavy atom. The van der Waals surface area contributed by atoms with Crippen LogP contribution in [-0.2, 0) is 39.0 Å². The van der Waals surface area contributed by atoms with Crippen molar-refractivity contribution in [2.45, 2.75) is 399 Å². The summed E-state index contributed by atoms with van der Waals surface area (Å²) < 4.78 is 0. The van der Waals surface area contributed by atoms with Crippen LogP contribution in [0.25, 0.3) is 54.0 Å². The van der Waals surface area contributed by atoms with E-state index in [0.717, 1.165) is 12.8 Å². The molecular formula is C80H142N10Zn2-10. The van der Waals surface area contributed by atoms with E-state index in [-0.39, 0.29) is 51.0 Å². The first-order chi connectivity index (χ1) is 43.7. The quantitative estimate of drug-likeness (QED) is 0.113. The Labute approximate surface area is 594 Å². The zero-order chi connectivity index (χ0) is 64.2. The Kier molecular flexibility index (Phi) is 30.9. The second-order valence-electron chi connectivity index (χ2n) is 33.0. The fourth-order valence-corrected chi connectivity index (χ4v) is 25.6. The standard InChI is InChI=1S/C74H130N8.C6H12N2.2Zn/c1-17-41-35-60-56(32-16)70-51(27-11)46(22-6)68(78-70)40-69-50(26-10)55(31-15)74(82-69)57(71-52(28-12)47(23-7)65(79-71)36-59(41)75-60)33-34-58-72-53(29-13)48(24-8)66(80-72)38-63-44(20-4)42(18-2)61(76-63)37-62-43(19-3)45(21-5)64(77-62)39-67-49(25-9)54(30-14)73(58)81-67;7-5-3-1-2-4-6(5)8;;/h41-74H,17-40H2,1-16H3;5-8H,1-4H2;;/q-8;-2;;/t41?,42-,43+,44+,45-,46-,47?,48?,49+,50+,51+,52+,53+,54-,55-,56-,57+,58?,59+,60+,61-,62+,63+,64-,65-,66-,67+,68-,69+,70-,71-,72-,73+,74+;5-,6?;;/m01../s1. The summed E-state index contributed by atoms with van der Waals surface area (Å²) >= 11 is 0. The molecule has 0 aromatic rings. The summed E-state index contributed by atoms with van der Waals surface area (Å²) in [6.45, 7) is 40.3. The van der Waals surface area contributed by atoms with E-state index in [9.17, 15) is 0 Å². The summed E-state index contributed by atoms with van der Waals surface area (Å²) in [4.78, 5) is 0. The first-order valence-electron chi connectivity index (χ1n) is 40.8. The first kappa shape index (κ1) is 78.6. The van der Waals surface area contributed by atoms with Crippen molar-refractivity contribution in [3.8, 4) is 0 Å². The van der Waals surface area contributed by atoms with E-state index in [1.807, 2.05) is 0 Å². The molecule has 10 saturated heterocycles. The van der Waals surface area contributed by atoms with Crippen LogP contribution in [-0.4, -0.2) is 109 Å². The third-order valence-corrected chi connectivity index (χ3v) is 29.8. The molecule has 12 heteroatoms. The van der Waals surface area contributed by atoms with Gasteiger partial charge in [0.05, 0.1) is 0 Å². The van der Waals surface area contributed by atoms with E-state index >= 15 is 0 Å². The zero-order valence-electron chi connectivity index (χ0n) is 62.6. The molecule has 2 N–H and O–H groups in total. The van der Waals surface area contributed by atoms with Gasteiger partial charge in [-0.2, -0.15) is 12.1 Å². The zero-order valence-corrected chi connectivity index (χ0v) is 68.5. The SMILES string of the molecule is CCC1[C@@H]2C[C@H]3[N-][C@H](CC3CC)[C@H](CC)[C@H]3[N-][C@@H](C[C@H]4[N-][C@H]([C@@H](CC)[C@H]4CC)[C@H](CCC4[C@H]5[N-][C@@H](C[C@H]6[N-][C@@H](C[C@H]7[N-][C@@H](C[C@H]8[N-][C@@H]4[C@@H](CC)[C@H]8CC)[C@@H](CC)[C@H]7CC)[C@@H](CC)[C@H]6CC)C(CC)[C@H]5CC)[C@@H]([N-]2)[C@@H]1CC)[C@@H](CC)[C@H]3CC.[NH-]C1CCCC[C@H]1[NH-].[Zn].[Zn]. The van der Waals surface area contributed by atoms with Gasteiger partial charge >= 0.3 is 0 Å². The van der Waals surface area contributed by atoms with Crippen molar-refractivity contribution in [3.05, 3.63) is 54.0 Å². The predicted molar refractivity (Wildman–Crippen MR) is 387 cm³/mol. The van der Waals surface area contributed by atoms with Crippen molar-refractivity contribution in [2.75, 3.05) is 0 Å². The van der Waals surface area contributed by atoms with E-state index in [1.54, 1.807) is 0 Å². The minimum Gasteiger partial charge on any atom is -0.676 e. The van der Waals surface area contributed by atoms with Crippen LogP contribution in [0.4, 0.5) is 0 Å². The molecule has 0 aromatic carbocycles. The maximum absolute atomic E-state index is 7.29. The van der Waals surface area contributed by atoms with Gasteiger partial charge in [-0.15, -0.1) is 96.7 Å². The smallest absolute Gasteiger partial charge is 0 e. The molecule has 0 aromatic heterocycles. The molecular weight excluding hydrogens is 1230 g/mol. The van der Waals surface area contributed by atoms with E-state index in [2.05, 4.69) is 111 Å². The van der Waals surface area contributed by atoms with Gasteiger partial charge in [0.1, 0.15) is 0 Å². The van der Waals surface area contributed by atoms with Gasteiger partial charge in [-0.3, -0.25) is 0 Å².